The standard InChI is InChI=1S/C12H19NO2/c14-9-12(6-3-7-12)13-11(15)8-10-4-1-2-5-10/h1,4,10,14H,2-3,5-9H2,(H,13,15). The molecule has 0 aliphatic heterocycles. The summed E-state index contributed by atoms with van der Waals surface area (Å²) in [5.74, 6) is 0.515. The van der Waals surface area contributed by atoms with E-state index in [4.69, 9.17) is 0 Å². The highest BCUT2D eigenvalue weighted by molar-refractivity contribution is 5.77. The Labute approximate surface area is 90.6 Å². The van der Waals surface area contributed by atoms with Gasteiger partial charge in [-0.1, -0.05) is 12.2 Å². The van der Waals surface area contributed by atoms with Crippen molar-refractivity contribution < 1.29 is 9.90 Å². The summed E-state index contributed by atoms with van der Waals surface area (Å²) in [6.07, 6.45) is 10.0. The van der Waals surface area contributed by atoms with E-state index in [9.17, 15) is 9.90 Å². The van der Waals surface area contributed by atoms with E-state index >= 15 is 0 Å². The molecule has 3 heteroatoms. The average molecular weight is 209 g/mol. The molecule has 2 aliphatic rings. The molecule has 2 rings (SSSR count). The van der Waals surface area contributed by atoms with Crippen molar-refractivity contribution in [2.24, 2.45) is 5.92 Å². The number of carbonyl (C=O) groups is 1. The Morgan fingerprint density at radius 1 is 1.53 bits per heavy atom. The quantitative estimate of drug-likeness (QED) is 0.687. The number of aliphatic hydroxyl groups excluding tert-OH is 1. The second-order valence-electron chi connectivity index (χ2n) is 4.81. The van der Waals surface area contributed by atoms with Crippen molar-refractivity contribution >= 4 is 5.91 Å². The first-order valence-electron chi connectivity index (χ1n) is 5.83. The molecule has 1 amide bonds. The van der Waals surface area contributed by atoms with Crippen LogP contribution in [0.15, 0.2) is 12.2 Å². The molecule has 1 saturated carbocycles. The third-order valence-electron chi connectivity index (χ3n) is 3.58. The van der Waals surface area contributed by atoms with Gasteiger partial charge in [0.25, 0.3) is 0 Å². The summed E-state index contributed by atoms with van der Waals surface area (Å²) in [6, 6.07) is 0. The molecule has 15 heavy (non-hydrogen) atoms. The lowest BCUT2D eigenvalue weighted by atomic mass is 9.77. The molecule has 0 aromatic heterocycles. The van der Waals surface area contributed by atoms with E-state index < -0.39 is 0 Å². The molecule has 0 saturated heterocycles. The summed E-state index contributed by atoms with van der Waals surface area (Å²) in [5.41, 5.74) is -0.278. The highest BCUT2D eigenvalue weighted by atomic mass is 16.3. The minimum atomic E-state index is -0.278. The van der Waals surface area contributed by atoms with Gasteiger partial charge in [0.2, 0.25) is 5.91 Å². The van der Waals surface area contributed by atoms with Gasteiger partial charge in [0.05, 0.1) is 12.1 Å². The maximum absolute atomic E-state index is 11.7. The van der Waals surface area contributed by atoms with Gasteiger partial charge in [-0.25, -0.2) is 0 Å². The molecule has 0 aromatic carbocycles. The molecule has 0 spiro atoms. The van der Waals surface area contributed by atoms with Crippen molar-refractivity contribution in [3.05, 3.63) is 12.2 Å². The van der Waals surface area contributed by atoms with Crippen molar-refractivity contribution in [3.63, 3.8) is 0 Å². The maximum Gasteiger partial charge on any atom is 0.221 e. The summed E-state index contributed by atoms with van der Waals surface area (Å²) in [6.45, 7) is 0.0826. The van der Waals surface area contributed by atoms with Crippen molar-refractivity contribution in [1.82, 2.24) is 5.32 Å². The van der Waals surface area contributed by atoms with Crippen LogP contribution in [-0.4, -0.2) is 23.2 Å². The second kappa shape index (κ2) is 4.35. The topological polar surface area (TPSA) is 49.3 Å². The Morgan fingerprint density at radius 2 is 2.33 bits per heavy atom. The fourth-order valence-electron chi connectivity index (χ4n) is 2.38. The van der Waals surface area contributed by atoms with E-state index in [2.05, 4.69) is 17.5 Å². The summed E-state index contributed by atoms with van der Waals surface area (Å²) in [4.78, 5) is 11.7. The largest absolute Gasteiger partial charge is 0.394 e. The van der Waals surface area contributed by atoms with Crippen LogP contribution in [0.1, 0.15) is 38.5 Å². The lowest BCUT2D eigenvalue weighted by Crippen LogP contribution is -2.56. The van der Waals surface area contributed by atoms with Gasteiger partial charge < -0.3 is 10.4 Å². The van der Waals surface area contributed by atoms with Gasteiger partial charge in [-0.15, -0.1) is 0 Å². The minimum absolute atomic E-state index is 0.0826. The van der Waals surface area contributed by atoms with Crippen LogP contribution in [0.3, 0.4) is 0 Å². The zero-order valence-electron chi connectivity index (χ0n) is 9.04. The van der Waals surface area contributed by atoms with Crippen LogP contribution in [0.4, 0.5) is 0 Å². The Morgan fingerprint density at radius 3 is 2.80 bits per heavy atom. The van der Waals surface area contributed by atoms with Crippen LogP contribution in [0.2, 0.25) is 0 Å². The van der Waals surface area contributed by atoms with Gasteiger partial charge in [-0.05, 0) is 38.0 Å². The first kappa shape index (κ1) is 10.7. The molecule has 3 nitrogen and oxygen atoms in total. The van der Waals surface area contributed by atoms with Gasteiger partial charge in [-0.3, -0.25) is 4.79 Å². The predicted octanol–water partition coefficient (Wildman–Crippen LogP) is 1.37. The molecular formula is C12H19NO2. The summed E-state index contributed by atoms with van der Waals surface area (Å²) < 4.78 is 0. The molecule has 1 unspecified atom stereocenters. The fourth-order valence-corrected chi connectivity index (χ4v) is 2.38. The third-order valence-corrected chi connectivity index (χ3v) is 3.58. The number of nitrogens with one attached hydrogen (secondary N) is 1. The summed E-state index contributed by atoms with van der Waals surface area (Å²) >= 11 is 0. The van der Waals surface area contributed by atoms with Crippen LogP contribution in [0.5, 0.6) is 0 Å². The van der Waals surface area contributed by atoms with E-state index in [-0.39, 0.29) is 18.1 Å². The Bertz CT molecular complexity index is 263. The molecular weight excluding hydrogens is 190 g/mol. The van der Waals surface area contributed by atoms with Gasteiger partial charge in [-0.2, -0.15) is 0 Å². The predicted molar refractivity (Wildman–Crippen MR) is 58.3 cm³/mol. The number of aliphatic hydroxyl groups is 1. The number of carbonyl (C=O) groups excluding carboxylic acids is 1. The van der Waals surface area contributed by atoms with E-state index in [1.54, 1.807) is 0 Å². The lowest BCUT2D eigenvalue weighted by molar-refractivity contribution is -0.125. The molecule has 84 valence electrons. The van der Waals surface area contributed by atoms with Crippen LogP contribution >= 0.6 is 0 Å². The average Bonchev–Trinajstić information content (AvgIpc) is 2.64. The minimum Gasteiger partial charge on any atom is -0.394 e. The molecule has 2 aliphatic carbocycles. The molecule has 1 atom stereocenters. The molecule has 0 bridgehead atoms. The van der Waals surface area contributed by atoms with E-state index in [0.717, 1.165) is 32.1 Å². The third kappa shape index (κ3) is 2.40. The first-order valence-corrected chi connectivity index (χ1v) is 5.83. The molecule has 0 aromatic rings. The van der Waals surface area contributed by atoms with Crippen LogP contribution in [0, 0.1) is 5.92 Å². The fraction of sp³-hybridized carbons (Fsp3) is 0.750. The van der Waals surface area contributed by atoms with E-state index in [0.29, 0.717) is 12.3 Å². The second-order valence-corrected chi connectivity index (χ2v) is 4.81. The van der Waals surface area contributed by atoms with Crippen LogP contribution < -0.4 is 5.32 Å². The van der Waals surface area contributed by atoms with Crippen molar-refractivity contribution in [1.29, 1.82) is 0 Å². The van der Waals surface area contributed by atoms with Gasteiger partial charge >= 0.3 is 0 Å². The zero-order valence-corrected chi connectivity index (χ0v) is 9.04. The Hall–Kier alpha value is -0.830. The highest BCUT2D eigenvalue weighted by Crippen LogP contribution is 2.31. The number of amides is 1. The smallest absolute Gasteiger partial charge is 0.221 e. The molecule has 0 radical (unpaired) electrons. The van der Waals surface area contributed by atoms with Crippen molar-refractivity contribution in [2.75, 3.05) is 6.61 Å². The van der Waals surface area contributed by atoms with Gasteiger partial charge in [0.1, 0.15) is 0 Å². The lowest BCUT2D eigenvalue weighted by Gasteiger charge is -2.41. The summed E-state index contributed by atoms with van der Waals surface area (Å²) in [7, 11) is 0. The maximum atomic E-state index is 11.7. The van der Waals surface area contributed by atoms with Crippen LogP contribution in [0.25, 0.3) is 0 Å². The van der Waals surface area contributed by atoms with Crippen LogP contribution in [-0.2, 0) is 4.79 Å². The SMILES string of the molecule is O=C(CC1C=CCC1)NC1(CO)CCC1. The van der Waals surface area contributed by atoms with Gasteiger partial charge in [0, 0.05) is 6.42 Å². The number of hydrogen-bond acceptors (Lipinski definition) is 2. The zero-order chi connectivity index (χ0) is 10.7. The monoisotopic (exact) mass is 209 g/mol. The normalized spacial score (nSPS) is 27.4. The molecule has 0 heterocycles. The number of rotatable bonds is 4. The van der Waals surface area contributed by atoms with E-state index in [1.807, 2.05) is 0 Å². The molecule has 1 fully saturated rings. The first-order chi connectivity index (χ1) is 7.24. The number of hydrogen-bond donors (Lipinski definition) is 2. The van der Waals surface area contributed by atoms with Crippen molar-refractivity contribution in [3.8, 4) is 0 Å². The molecule has 2 N–H and O–H groups in total. The summed E-state index contributed by atoms with van der Waals surface area (Å²) in [5, 5.41) is 12.2. The highest BCUT2D eigenvalue weighted by Gasteiger charge is 2.37. The van der Waals surface area contributed by atoms with Gasteiger partial charge in [0.15, 0.2) is 0 Å². The Kier molecular flexibility index (Phi) is 3.10. The number of allylic oxidation sites excluding steroid dienone is 2. The van der Waals surface area contributed by atoms with Crippen molar-refractivity contribution in [2.45, 2.75) is 44.1 Å². The van der Waals surface area contributed by atoms with E-state index in [1.165, 1.54) is 0 Å². The Balaban J connectivity index is 1.78.